The van der Waals surface area contributed by atoms with E-state index in [1.807, 2.05) is 35.8 Å². The Morgan fingerprint density at radius 2 is 1.67 bits per heavy atom. The normalized spacial score (nSPS) is 17.9. The van der Waals surface area contributed by atoms with Gasteiger partial charge in [0.1, 0.15) is 5.75 Å². The molecule has 1 aromatic rings. The van der Waals surface area contributed by atoms with E-state index in [-0.39, 0.29) is 11.9 Å². The molecule has 1 heterocycles. The maximum absolute atomic E-state index is 12.7. The third-order valence-electron chi connectivity index (χ3n) is 5.80. The molecule has 27 heavy (non-hydrogen) atoms. The fourth-order valence-electron chi connectivity index (χ4n) is 4.03. The van der Waals surface area contributed by atoms with E-state index in [1.54, 1.807) is 7.11 Å². The maximum Gasteiger partial charge on any atom is 0.317 e. The maximum atomic E-state index is 12.7. The molecule has 3 rings (SSSR count). The lowest BCUT2D eigenvalue weighted by Gasteiger charge is -2.35. The number of aryl methyl sites for hydroxylation is 2. The number of benzene rings is 1. The molecule has 0 unspecified atom stereocenters. The average molecular weight is 373 g/mol. The molecular formula is C21H31N3O3. The topological polar surface area (TPSA) is 61.9 Å². The summed E-state index contributed by atoms with van der Waals surface area (Å²) >= 11 is 0. The van der Waals surface area contributed by atoms with Gasteiger partial charge in [0.05, 0.1) is 13.5 Å². The number of methoxy groups -OCH3 is 1. The van der Waals surface area contributed by atoms with Crippen LogP contribution in [0.5, 0.6) is 5.75 Å². The molecule has 2 fully saturated rings. The van der Waals surface area contributed by atoms with E-state index < -0.39 is 0 Å². The van der Waals surface area contributed by atoms with Crippen LogP contribution in [0.1, 0.15) is 42.4 Å². The Morgan fingerprint density at radius 3 is 2.30 bits per heavy atom. The minimum atomic E-state index is 0.0237. The van der Waals surface area contributed by atoms with Crippen molar-refractivity contribution in [2.24, 2.45) is 0 Å². The van der Waals surface area contributed by atoms with E-state index in [4.69, 9.17) is 4.74 Å². The number of carbonyl (C=O) groups is 2. The molecule has 1 N–H and O–H groups in total. The van der Waals surface area contributed by atoms with Crippen LogP contribution in [-0.4, -0.2) is 61.1 Å². The molecule has 1 aliphatic heterocycles. The fraction of sp³-hybridized carbons (Fsp3) is 0.619. The van der Waals surface area contributed by atoms with Gasteiger partial charge in [0.25, 0.3) is 0 Å². The van der Waals surface area contributed by atoms with Crippen molar-refractivity contribution in [2.45, 2.75) is 52.0 Å². The van der Waals surface area contributed by atoms with E-state index in [0.717, 1.165) is 35.3 Å². The average Bonchev–Trinajstić information content (AvgIpc) is 3.17. The van der Waals surface area contributed by atoms with Crippen LogP contribution in [0.2, 0.25) is 0 Å². The zero-order valence-corrected chi connectivity index (χ0v) is 16.7. The molecule has 0 atom stereocenters. The van der Waals surface area contributed by atoms with Crippen LogP contribution in [0.15, 0.2) is 12.1 Å². The Morgan fingerprint density at radius 1 is 1.04 bits per heavy atom. The van der Waals surface area contributed by atoms with Crippen molar-refractivity contribution in [1.29, 1.82) is 0 Å². The van der Waals surface area contributed by atoms with Crippen LogP contribution < -0.4 is 10.1 Å². The third kappa shape index (κ3) is 4.73. The van der Waals surface area contributed by atoms with Gasteiger partial charge in [-0.2, -0.15) is 0 Å². The minimum absolute atomic E-state index is 0.0237. The summed E-state index contributed by atoms with van der Waals surface area (Å²) in [6.45, 7) is 6.41. The van der Waals surface area contributed by atoms with Gasteiger partial charge in [0.2, 0.25) is 5.91 Å². The van der Waals surface area contributed by atoms with Gasteiger partial charge in [-0.05, 0) is 49.4 Å². The van der Waals surface area contributed by atoms with Crippen molar-refractivity contribution in [1.82, 2.24) is 15.1 Å². The number of hydrogen-bond donors (Lipinski definition) is 1. The summed E-state index contributed by atoms with van der Waals surface area (Å²) < 4.78 is 5.35. The third-order valence-corrected chi connectivity index (χ3v) is 5.80. The predicted octanol–water partition coefficient (Wildman–Crippen LogP) is 2.65. The highest BCUT2D eigenvalue weighted by molar-refractivity contribution is 5.80. The van der Waals surface area contributed by atoms with Crippen LogP contribution in [0.25, 0.3) is 0 Å². The van der Waals surface area contributed by atoms with E-state index >= 15 is 0 Å². The summed E-state index contributed by atoms with van der Waals surface area (Å²) in [5.41, 5.74) is 3.15. The second kappa shape index (κ2) is 8.63. The van der Waals surface area contributed by atoms with Crippen LogP contribution in [-0.2, 0) is 11.2 Å². The highest BCUT2D eigenvalue weighted by Gasteiger charge is 2.26. The lowest BCUT2D eigenvalue weighted by atomic mass is 10.0. The summed E-state index contributed by atoms with van der Waals surface area (Å²) in [5, 5.41) is 3.13. The van der Waals surface area contributed by atoms with Gasteiger partial charge in [-0.1, -0.05) is 18.9 Å². The van der Waals surface area contributed by atoms with E-state index in [2.05, 4.69) is 5.32 Å². The zero-order chi connectivity index (χ0) is 19.4. The van der Waals surface area contributed by atoms with Gasteiger partial charge in [-0.15, -0.1) is 0 Å². The number of nitrogens with zero attached hydrogens (tertiary/aromatic N) is 2. The first-order valence-electron chi connectivity index (χ1n) is 9.95. The molecule has 1 aromatic carbocycles. The smallest absolute Gasteiger partial charge is 0.317 e. The molecule has 3 amide bonds. The highest BCUT2D eigenvalue weighted by Crippen LogP contribution is 2.23. The van der Waals surface area contributed by atoms with E-state index in [9.17, 15) is 9.59 Å². The Kier molecular flexibility index (Phi) is 6.24. The van der Waals surface area contributed by atoms with E-state index in [1.165, 1.54) is 12.8 Å². The second-order valence-electron chi connectivity index (χ2n) is 7.72. The van der Waals surface area contributed by atoms with E-state index in [0.29, 0.717) is 38.6 Å². The number of ether oxygens (including phenoxy) is 1. The van der Waals surface area contributed by atoms with Crippen molar-refractivity contribution < 1.29 is 14.3 Å². The molecule has 148 valence electrons. The van der Waals surface area contributed by atoms with Gasteiger partial charge in [-0.25, -0.2) is 4.79 Å². The first kappa shape index (κ1) is 19.5. The molecule has 1 aliphatic carbocycles. The summed E-state index contributed by atoms with van der Waals surface area (Å²) in [5.74, 6) is 0.976. The Labute approximate surface area is 161 Å². The summed E-state index contributed by atoms with van der Waals surface area (Å²) in [7, 11) is 1.66. The largest absolute Gasteiger partial charge is 0.496 e. The molecule has 0 spiro atoms. The van der Waals surface area contributed by atoms with Crippen LogP contribution >= 0.6 is 0 Å². The number of amides is 3. The molecule has 1 saturated heterocycles. The van der Waals surface area contributed by atoms with Crippen molar-refractivity contribution in [3.8, 4) is 5.75 Å². The molecule has 6 heteroatoms. The number of nitrogens with one attached hydrogen (secondary N) is 1. The molecule has 1 saturated carbocycles. The standard InChI is InChI=1S/C21H31N3O3/c1-15-13-19(27-3)16(2)12-17(15)14-20(25)23-8-10-24(11-9-23)21(26)22-18-6-4-5-7-18/h12-13,18H,4-11,14H2,1-3H3,(H,22,26). The lowest BCUT2D eigenvalue weighted by molar-refractivity contribution is -0.131. The predicted molar refractivity (Wildman–Crippen MR) is 105 cm³/mol. The molecule has 2 aliphatic rings. The lowest BCUT2D eigenvalue weighted by Crippen LogP contribution is -2.54. The van der Waals surface area contributed by atoms with Crippen LogP contribution in [0.4, 0.5) is 4.79 Å². The fourth-order valence-corrected chi connectivity index (χ4v) is 4.03. The Hall–Kier alpha value is -2.24. The minimum Gasteiger partial charge on any atom is -0.496 e. The molecule has 0 bridgehead atoms. The summed E-state index contributed by atoms with van der Waals surface area (Å²) in [4.78, 5) is 28.8. The van der Waals surface area contributed by atoms with Crippen molar-refractivity contribution in [3.05, 3.63) is 28.8 Å². The molecular weight excluding hydrogens is 342 g/mol. The van der Waals surface area contributed by atoms with Crippen LogP contribution in [0, 0.1) is 13.8 Å². The SMILES string of the molecule is COc1cc(C)c(CC(=O)N2CCN(C(=O)NC3CCCC3)CC2)cc1C. The van der Waals surface area contributed by atoms with Crippen molar-refractivity contribution in [3.63, 3.8) is 0 Å². The quantitative estimate of drug-likeness (QED) is 0.883. The molecule has 6 nitrogen and oxygen atoms in total. The van der Waals surface area contributed by atoms with Gasteiger partial charge in [0, 0.05) is 32.2 Å². The van der Waals surface area contributed by atoms with Crippen molar-refractivity contribution >= 4 is 11.9 Å². The number of urea groups is 1. The van der Waals surface area contributed by atoms with Crippen molar-refractivity contribution in [2.75, 3.05) is 33.3 Å². The first-order chi connectivity index (χ1) is 13.0. The second-order valence-corrected chi connectivity index (χ2v) is 7.72. The van der Waals surface area contributed by atoms with Crippen LogP contribution in [0.3, 0.4) is 0 Å². The molecule has 0 aromatic heterocycles. The van der Waals surface area contributed by atoms with Gasteiger partial charge in [-0.3, -0.25) is 4.79 Å². The Balaban J connectivity index is 1.51. The number of piperazine rings is 1. The number of carbonyl (C=O) groups excluding carboxylic acids is 2. The number of hydrogen-bond acceptors (Lipinski definition) is 3. The zero-order valence-electron chi connectivity index (χ0n) is 16.7. The molecule has 0 radical (unpaired) electrons. The summed E-state index contributed by atoms with van der Waals surface area (Å²) in [6.07, 6.45) is 4.98. The Bertz CT molecular complexity index is 690. The van der Waals surface area contributed by atoms with Gasteiger partial charge < -0.3 is 19.9 Å². The summed E-state index contributed by atoms with van der Waals surface area (Å²) in [6, 6.07) is 4.38. The van der Waals surface area contributed by atoms with Gasteiger partial charge >= 0.3 is 6.03 Å². The highest BCUT2D eigenvalue weighted by atomic mass is 16.5. The van der Waals surface area contributed by atoms with Gasteiger partial charge in [0.15, 0.2) is 0 Å². The number of rotatable bonds is 4. The first-order valence-corrected chi connectivity index (χ1v) is 9.95. The monoisotopic (exact) mass is 373 g/mol.